The monoisotopic (exact) mass is 467 g/mol. The van der Waals surface area contributed by atoms with Crippen molar-refractivity contribution in [3.8, 4) is 0 Å². The van der Waals surface area contributed by atoms with Gasteiger partial charge < -0.3 is 10.6 Å². The quantitative estimate of drug-likeness (QED) is 0.453. The van der Waals surface area contributed by atoms with E-state index in [0.717, 1.165) is 11.6 Å². The topological polar surface area (TPSA) is 54.0 Å². The number of aromatic nitrogens is 1. The maximum absolute atomic E-state index is 13.6. The number of carbonyl (C=O) groups excluding carboxylic acids is 1. The van der Waals surface area contributed by atoms with Gasteiger partial charge in [-0.05, 0) is 53.9 Å². The Balaban J connectivity index is 1.88. The second-order valence-electron chi connectivity index (χ2n) is 6.68. The second kappa shape index (κ2) is 10.0. The zero-order valence-corrected chi connectivity index (χ0v) is 17.6. The van der Waals surface area contributed by atoms with Crippen LogP contribution in [0.5, 0.6) is 0 Å². The third kappa shape index (κ3) is 6.12. The van der Waals surface area contributed by atoms with Crippen molar-refractivity contribution in [2.24, 2.45) is 0 Å². The zero-order valence-electron chi connectivity index (χ0n) is 16.1. The van der Waals surface area contributed by atoms with Gasteiger partial charge >= 0.3 is 6.18 Å². The Morgan fingerprint density at radius 3 is 2.42 bits per heavy atom. The molecule has 0 bridgehead atoms. The molecule has 162 valence electrons. The number of pyridine rings is 1. The molecule has 0 saturated carbocycles. The van der Waals surface area contributed by atoms with E-state index in [2.05, 4.69) is 15.6 Å². The van der Waals surface area contributed by atoms with Gasteiger partial charge in [0.1, 0.15) is 6.04 Å². The van der Waals surface area contributed by atoms with E-state index in [1.54, 1.807) is 24.5 Å². The van der Waals surface area contributed by atoms with Gasteiger partial charge in [0, 0.05) is 24.0 Å². The SMILES string of the molecule is O=C(NCCc1ccncc1)C(Nc1ccc(Cl)cc1Cl)c1ccccc1C(F)(F)F. The lowest BCUT2D eigenvalue weighted by molar-refractivity contribution is -0.138. The molecule has 0 spiro atoms. The number of nitrogens with one attached hydrogen (secondary N) is 2. The van der Waals surface area contributed by atoms with E-state index in [9.17, 15) is 18.0 Å². The Bertz CT molecular complexity index is 1050. The smallest absolute Gasteiger partial charge is 0.369 e. The van der Waals surface area contributed by atoms with Gasteiger partial charge in [0.15, 0.2) is 0 Å². The number of anilines is 1. The Hall–Kier alpha value is -2.77. The summed E-state index contributed by atoms with van der Waals surface area (Å²) in [5.74, 6) is -0.614. The van der Waals surface area contributed by atoms with Crippen molar-refractivity contribution in [3.05, 3.63) is 93.7 Å². The van der Waals surface area contributed by atoms with Crippen molar-refractivity contribution in [2.75, 3.05) is 11.9 Å². The lowest BCUT2D eigenvalue weighted by atomic mass is 9.98. The highest BCUT2D eigenvalue weighted by Crippen LogP contribution is 2.37. The number of alkyl halides is 3. The van der Waals surface area contributed by atoms with Crippen molar-refractivity contribution in [1.29, 1.82) is 0 Å². The summed E-state index contributed by atoms with van der Waals surface area (Å²) in [7, 11) is 0. The van der Waals surface area contributed by atoms with E-state index in [1.165, 1.54) is 36.4 Å². The zero-order chi connectivity index (χ0) is 22.4. The third-order valence-corrected chi connectivity index (χ3v) is 5.08. The molecule has 2 N–H and O–H groups in total. The third-order valence-electron chi connectivity index (χ3n) is 4.53. The average Bonchev–Trinajstić information content (AvgIpc) is 2.73. The number of rotatable bonds is 7. The summed E-state index contributed by atoms with van der Waals surface area (Å²) in [6.45, 7) is 0.240. The average molecular weight is 468 g/mol. The van der Waals surface area contributed by atoms with Crippen LogP contribution in [0.2, 0.25) is 10.0 Å². The Kier molecular flexibility index (Phi) is 7.41. The Morgan fingerprint density at radius 1 is 1.03 bits per heavy atom. The van der Waals surface area contributed by atoms with Crippen molar-refractivity contribution in [3.63, 3.8) is 0 Å². The van der Waals surface area contributed by atoms with Crippen LogP contribution in [0.1, 0.15) is 22.7 Å². The van der Waals surface area contributed by atoms with Crippen LogP contribution in [0.25, 0.3) is 0 Å². The Morgan fingerprint density at radius 2 is 1.74 bits per heavy atom. The van der Waals surface area contributed by atoms with E-state index < -0.39 is 23.7 Å². The van der Waals surface area contributed by atoms with Crippen LogP contribution in [-0.2, 0) is 17.4 Å². The summed E-state index contributed by atoms with van der Waals surface area (Å²) >= 11 is 12.1. The molecule has 0 saturated heterocycles. The van der Waals surface area contributed by atoms with Crippen LogP contribution >= 0.6 is 23.2 Å². The molecule has 1 aromatic heterocycles. The maximum Gasteiger partial charge on any atom is 0.416 e. The van der Waals surface area contributed by atoms with Crippen LogP contribution in [0.4, 0.5) is 18.9 Å². The first-order chi connectivity index (χ1) is 14.8. The number of nitrogens with zero attached hydrogens (tertiary/aromatic N) is 1. The van der Waals surface area contributed by atoms with E-state index >= 15 is 0 Å². The molecule has 9 heteroatoms. The summed E-state index contributed by atoms with van der Waals surface area (Å²) in [5.41, 5.74) is 0.123. The maximum atomic E-state index is 13.6. The molecular weight excluding hydrogens is 450 g/mol. The second-order valence-corrected chi connectivity index (χ2v) is 7.53. The van der Waals surface area contributed by atoms with Gasteiger partial charge in [-0.1, -0.05) is 41.4 Å². The molecule has 0 radical (unpaired) electrons. The van der Waals surface area contributed by atoms with Gasteiger partial charge in [0.25, 0.3) is 0 Å². The van der Waals surface area contributed by atoms with Gasteiger partial charge in [0.05, 0.1) is 16.3 Å². The first-order valence-corrected chi connectivity index (χ1v) is 10.1. The molecule has 4 nitrogen and oxygen atoms in total. The number of amides is 1. The summed E-state index contributed by atoms with van der Waals surface area (Å²) in [5, 5.41) is 6.09. The molecule has 3 aromatic rings. The van der Waals surface area contributed by atoms with Gasteiger partial charge in [-0.25, -0.2) is 0 Å². The summed E-state index contributed by atoms with van der Waals surface area (Å²) < 4.78 is 40.8. The molecule has 2 aromatic carbocycles. The van der Waals surface area contributed by atoms with Crippen LogP contribution in [-0.4, -0.2) is 17.4 Å². The van der Waals surface area contributed by atoms with Gasteiger partial charge in [0.2, 0.25) is 5.91 Å². The molecule has 31 heavy (non-hydrogen) atoms. The van der Waals surface area contributed by atoms with E-state index in [-0.39, 0.29) is 22.8 Å². The molecular formula is C22H18Cl2F3N3O. The number of carbonyl (C=O) groups is 1. The minimum absolute atomic E-state index is 0.187. The van der Waals surface area contributed by atoms with Crippen molar-refractivity contribution >= 4 is 34.8 Å². The van der Waals surface area contributed by atoms with Gasteiger partial charge in [-0.3, -0.25) is 9.78 Å². The first-order valence-electron chi connectivity index (χ1n) is 9.30. The highest BCUT2D eigenvalue weighted by atomic mass is 35.5. The fourth-order valence-electron chi connectivity index (χ4n) is 3.04. The minimum atomic E-state index is -4.63. The molecule has 0 aliphatic rings. The fraction of sp³-hybridized carbons (Fsp3) is 0.182. The number of hydrogen-bond acceptors (Lipinski definition) is 3. The molecule has 1 unspecified atom stereocenters. The predicted molar refractivity (Wildman–Crippen MR) is 115 cm³/mol. The van der Waals surface area contributed by atoms with E-state index in [0.29, 0.717) is 11.4 Å². The molecule has 0 fully saturated rings. The lowest BCUT2D eigenvalue weighted by Gasteiger charge is -2.24. The highest BCUT2D eigenvalue weighted by Gasteiger charge is 2.37. The van der Waals surface area contributed by atoms with Crippen LogP contribution in [0.15, 0.2) is 67.0 Å². The highest BCUT2D eigenvalue weighted by molar-refractivity contribution is 6.36. The van der Waals surface area contributed by atoms with Crippen LogP contribution < -0.4 is 10.6 Å². The van der Waals surface area contributed by atoms with Gasteiger partial charge in [-0.2, -0.15) is 13.2 Å². The summed E-state index contributed by atoms with van der Waals surface area (Å²) in [4.78, 5) is 16.9. The van der Waals surface area contributed by atoms with Crippen molar-refractivity contribution < 1.29 is 18.0 Å². The van der Waals surface area contributed by atoms with Crippen molar-refractivity contribution in [1.82, 2.24) is 10.3 Å². The number of hydrogen-bond donors (Lipinski definition) is 2. The summed E-state index contributed by atoms with van der Waals surface area (Å²) in [6.07, 6.45) is -0.867. The van der Waals surface area contributed by atoms with Crippen LogP contribution in [0.3, 0.4) is 0 Å². The molecule has 0 aliphatic carbocycles. The summed E-state index contributed by atoms with van der Waals surface area (Å²) in [6, 6.07) is 11.7. The van der Waals surface area contributed by atoms with Crippen LogP contribution in [0, 0.1) is 0 Å². The molecule has 1 heterocycles. The van der Waals surface area contributed by atoms with E-state index in [1.807, 2.05) is 0 Å². The molecule has 0 aliphatic heterocycles. The van der Waals surface area contributed by atoms with Gasteiger partial charge in [-0.15, -0.1) is 0 Å². The number of benzene rings is 2. The largest absolute Gasteiger partial charge is 0.416 e. The normalized spacial score (nSPS) is 12.3. The molecule has 1 atom stereocenters. The Labute approximate surface area is 187 Å². The standard InChI is InChI=1S/C22H18Cl2F3N3O/c23-15-5-6-19(18(24)13-15)30-20(16-3-1-2-4-17(16)22(25,26)27)21(31)29-12-9-14-7-10-28-11-8-14/h1-8,10-11,13,20,30H,9,12H2,(H,29,31). The van der Waals surface area contributed by atoms with E-state index in [4.69, 9.17) is 23.2 Å². The molecule has 1 amide bonds. The minimum Gasteiger partial charge on any atom is -0.369 e. The molecule has 3 rings (SSSR count). The fourth-order valence-corrected chi connectivity index (χ4v) is 3.50. The van der Waals surface area contributed by atoms with Crippen molar-refractivity contribution in [2.45, 2.75) is 18.6 Å². The predicted octanol–water partition coefficient (Wildman–Crippen LogP) is 5.92. The number of halogens is 5. The lowest BCUT2D eigenvalue weighted by Crippen LogP contribution is -2.35. The first kappa shape index (κ1) is 22.9.